The first-order chi connectivity index (χ1) is 9.78. The summed E-state index contributed by atoms with van der Waals surface area (Å²) in [5.74, 6) is -1.27. The second-order valence-electron chi connectivity index (χ2n) is 5.11. The lowest BCUT2D eigenvalue weighted by Crippen LogP contribution is -2.48. The first kappa shape index (κ1) is 15.6. The predicted octanol–water partition coefficient (Wildman–Crippen LogP) is 2.68. The molecule has 1 aromatic rings. The number of benzene rings is 1. The maximum absolute atomic E-state index is 12.9. The third-order valence-corrected chi connectivity index (χ3v) is 3.84. The van der Waals surface area contributed by atoms with Crippen molar-refractivity contribution < 1.29 is 27.8 Å². The number of hydrogen-bond acceptors (Lipinski definition) is 3. The zero-order valence-electron chi connectivity index (χ0n) is 11.4. The number of halogens is 3. The fourth-order valence-electron chi connectivity index (χ4n) is 2.61. The molecule has 0 aromatic heterocycles. The molecule has 0 saturated heterocycles. The van der Waals surface area contributed by atoms with E-state index in [0.717, 1.165) is 6.07 Å². The number of aliphatic carboxylic acids is 1. The fraction of sp³-hybridized carbons (Fsp3) is 0.500. The molecule has 4 nitrogen and oxygen atoms in total. The predicted molar refractivity (Wildman–Crippen MR) is 69.1 cm³/mol. The van der Waals surface area contributed by atoms with E-state index in [-0.39, 0.29) is 12.2 Å². The van der Waals surface area contributed by atoms with Gasteiger partial charge >= 0.3 is 12.1 Å². The molecule has 0 aliphatic heterocycles. The molecule has 1 fully saturated rings. The maximum atomic E-state index is 12.9. The SMILES string of the molecule is CNC1(C(=O)O)CCC(Oc2ccccc2C(F)(F)F)C1. The number of rotatable bonds is 4. The van der Waals surface area contributed by atoms with Gasteiger partial charge in [0.05, 0.1) is 5.56 Å². The molecule has 0 bridgehead atoms. The van der Waals surface area contributed by atoms with Crippen molar-refractivity contribution in [2.45, 2.75) is 37.1 Å². The Balaban J connectivity index is 2.16. The van der Waals surface area contributed by atoms with Gasteiger partial charge in [-0.05, 0) is 32.0 Å². The molecule has 0 amide bonds. The van der Waals surface area contributed by atoms with Crippen LogP contribution in [0, 0.1) is 0 Å². The Hall–Kier alpha value is -1.76. The van der Waals surface area contributed by atoms with Crippen molar-refractivity contribution in [2.24, 2.45) is 0 Å². The second-order valence-corrected chi connectivity index (χ2v) is 5.11. The van der Waals surface area contributed by atoms with Gasteiger partial charge in [-0.3, -0.25) is 4.79 Å². The quantitative estimate of drug-likeness (QED) is 0.898. The second kappa shape index (κ2) is 5.55. The number of alkyl halides is 3. The zero-order chi connectivity index (χ0) is 15.7. The number of nitrogens with one attached hydrogen (secondary N) is 1. The van der Waals surface area contributed by atoms with E-state index in [0.29, 0.717) is 12.8 Å². The lowest BCUT2D eigenvalue weighted by molar-refractivity contribution is -0.145. The Labute approximate surface area is 119 Å². The summed E-state index contributed by atoms with van der Waals surface area (Å²) >= 11 is 0. The van der Waals surface area contributed by atoms with Crippen LogP contribution >= 0.6 is 0 Å². The van der Waals surface area contributed by atoms with E-state index < -0.39 is 29.4 Å². The van der Waals surface area contributed by atoms with Crippen LogP contribution in [0.4, 0.5) is 13.2 Å². The summed E-state index contributed by atoms with van der Waals surface area (Å²) in [7, 11) is 1.53. The molecule has 0 spiro atoms. The van der Waals surface area contributed by atoms with Crippen molar-refractivity contribution in [3.63, 3.8) is 0 Å². The Kier molecular flexibility index (Phi) is 4.13. The van der Waals surface area contributed by atoms with E-state index in [2.05, 4.69) is 5.32 Å². The molecule has 21 heavy (non-hydrogen) atoms. The Morgan fingerprint density at radius 1 is 1.43 bits per heavy atom. The van der Waals surface area contributed by atoms with E-state index in [9.17, 15) is 23.1 Å². The maximum Gasteiger partial charge on any atom is 0.419 e. The van der Waals surface area contributed by atoms with E-state index in [1.807, 2.05) is 0 Å². The van der Waals surface area contributed by atoms with Crippen molar-refractivity contribution >= 4 is 5.97 Å². The lowest BCUT2D eigenvalue weighted by Gasteiger charge is -2.24. The van der Waals surface area contributed by atoms with Crippen LogP contribution in [0.25, 0.3) is 0 Å². The van der Waals surface area contributed by atoms with E-state index in [1.165, 1.54) is 25.2 Å². The molecule has 2 unspecified atom stereocenters. The number of carboxylic acid groups (broad SMARTS) is 1. The normalized spacial score (nSPS) is 25.8. The summed E-state index contributed by atoms with van der Waals surface area (Å²) in [6.07, 6.45) is -4.22. The van der Waals surface area contributed by atoms with Gasteiger partial charge < -0.3 is 15.2 Å². The van der Waals surface area contributed by atoms with Gasteiger partial charge in [0.2, 0.25) is 0 Å². The first-order valence-electron chi connectivity index (χ1n) is 6.54. The average Bonchev–Trinajstić information content (AvgIpc) is 2.83. The van der Waals surface area contributed by atoms with Crippen molar-refractivity contribution in [3.05, 3.63) is 29.8 Å². The molecular formula is C14H16F3NO3. The van der Waals surface area contributed by atoms with Gasteiger partial charge in [-0.2, -0.15) is 13.2 Å². The summed E-state index contributed by atoms with van der Waals surface area (Å²) in [6, 6.07) is 4.96. The third kappa shape index (κ3) is 3.12. The smallest absolute Gasteiger partial charge is 0.419 e. The summed E-state index contributed by atoms with van der Waals surface area (Å²) in [5.41, 5.74) is -1.97. The highest BCUT2D eigenvalue weighted by Crippen LogP contribution is 2.39. The molecule has 1 aliphatic carbocycles. The third-order valence-electron chi connectivity index (χ3n) is 3.84. The standard InChI is InChI=1S/C14H16F3NO3/c1-18-13(12(19)20)7-6-9(8-13)21-11-5-3-2-4-10(11)14(15,16)17/h2-5,9,18H,6-8H2,1H3,(H,19,20). The molecule has 2 N–H and O–H groups in total. The minimum Gasteiger partial charge on any atom is -0.490 e. The van der Waals surface area contributed by atoms with Crippen LogP contribution in [0.1, 0.15) is 24.8 Å². The minimum absolute atomic E-state index is 0.130. The molecule has 7 heteroatoms. The highest BCUT2D eigenvalue weighted by atomic mass is 19.4. The summed E-state index contributed by atoms with van der Waals surface area (Å²) < 4.78 is 44.1. The van der Waals surface area contributed by atoms with Crippen LogP contribution in [0.3, 0.4) is 0 Å². The monoisotopic (exact) mass is 303 g/mol. The van der Waals surface area contributed by atoms with Crippen LogP contribution < -0.4 is 10.1 Å². The zero-order valence-corrected chi connectivity index (χ0v) is 11.4. The van der Waals surface area contributed by atoms with Gasteiger partial charge in [0.25, 0.3) is 0 Å². The number of ether oxygens (including phenoxy) is 1. The molecule has 0 radical (unpaired) electrons. The molecule has 1 aromatic carbocycles. The molecular weight excluding hydrogens is 287 g/mol. The first-order valence-corrected chi connectivity index (χ1v) is 6.54. The van der Waals surface area contributed by atoms with Gasteiger partial charge in [-0.15, -0.1) is 0 Å². The number of hydrogen-bond donors (Lipinski definition) is 2. The Bertz CT molecular complexity index is 532. The largest absolute Gasteiger partial charge is 0.490 e. The molecule has 0 heterocycles. The summed E-state index contributed by atoms with van der Waals surface area (Å²) in [4.78, 5) is 11.3. The van der Waals surface area contributed by atoms with E-state index in [4.69, 9.17) is 4.74 Å². The average molecular weight is 303 g/mol. The topological polar surface area (TPSA) is 58.6 Å². The molecule has 2 rings (SSSR count). The molecule has 1 saturated carbocycles. The van der Waals surface area contributed by atoms with Crippen LogP contribution in [-0.4, -0.2) is 29.8 Å². The number of carboxylic acids is 1. The molecule has 116 valence electrons. The highest BCUT2D eigenvalue weighted by molar-refractivity contribution is 5.79. The minimum atomic E-state index is -4.50. The number of para-hydroxylation sites is 1. The van der Waals surface area contributed by atoms with Gasteiger partial charge in [0.1, 0.15) is 17.4 Å². The van der Waals surface area contributed by atoms with E-state index in [1.54, 1.807) is 0 Å². The van der Waals surface area contributed by atoms with Gasteiger partial charge in [0.15, 0.2) is 0 Å². The Morgan fingerprint density at radius 3 is 2.62 bits per heavy atom. The lowest BCUT2D eigenvalue weighted by atomic mass is 9.98. The molecule has 2 atom stereocenters. The van der Waals surface area contributed by atoms with Crippen LogP contribution in [0.2, 0.25) is 0 Å². The fourth-order valence-corrected chi connectivity index (χ4v) is 2.61. The van der Waals surface area contributed by atoms with Crippen molar-refractivity contribution in [2.75, 3.05) is 7.05 Å². The van der Waals surface area contributed by atoms with Crippen LogP contribution in [-0.2, 0) is 11.0 Å². The summed E-state index contributed by atoms with van der Waals surface area (Å²) in [6.45, 7) is 0. The van der Waals surface area contributed by atoms with Crippen molar-refractivity contribution in [3.8, 4) is 5.75 Å². The summed E-state index contributed by atoms with van der Waals surface area (Å²) in [5, 5.41) is 12.0. The highest BCUT2D eigenvalue weighted by Gasteiger charge is 2.46. The van der Waals surface area contributed by atoms with Gasteiger partial charge in [0, 0.05) is 6.42 Å². The van der Waals surface area contributed by atoms with Gasteiger partial charge in [-0.1, -0.05) is 12.1 Å². The van der Waals surface area contributed by atoms with Gasteiger partial charge in [-0.25, -0.2) is 0 Å². The van der Waals surface area contributed by atoms with Crippen molar-refractivity contribution in [1.82, 2.24) is 5.32 Å². The number of carbonyl (C=O) groups is 1. The number of likely N-dealkylation sites (N-methyl/N-ethyl adjacent to an activating group) is 1. The molecule has 1 aliphatic rings. The van der Waals surface area contributed by atoms with Crippen LogP contribution in [0.15, 0.2) is 24.3 Å². The van der Waals surface area contributed by atoms with Crippen molar-refractivity contribution in [1.29, 1.82) is 0 Å². The van der Waals surface area contributed by atoms with E-state index >= 15 is 0 Å². The Morgan fingerprint density at radius 2 is 2.10 bits per heavy atom. The van der Waals surface area contributed by atoms with Crippen LogP contribution in [0.5, 0.6) is 5.75 Å².